The molecule has 0 radical (unpaired) electrons. The van der Waals surface area contributed by atoms with Crippen LogP contribution < -0.4 is 0 Å². The van der Waals surface area contributed by atoms with Crippen molar-refractivity contribution in [2.45, 2.75) is 77.0 Å². The maximum Gasteiger partial charge on any atom is 0.201 e. The van der Waals surface area contributed by atoms with Crippen molar-refractivity contribution in [3.05, 3.63) is 0 Å². The van der Waals surface area contributed by atoms with E-state index >= 15 is 0 Å². The van der Waals surface area contributed by atoms with Gasteiger partial charge in [-0.25, -0.2) is 9.78 Å². The largest absolute Gasteiger partial charge is 0.393 e. The zero-order chi connectivity index (χ0) is 16.4. The third-order valence-electron chi connectivity index (χ3n) is 6.55. The van der Waals surface area contributed by atoms with Crippen LogP contribution in [0.2, 0.25) is 0 Å². The van der Waals surface area contributed by atoms with Crippen molar-refractivity contribution < 1.29 is 29.1 Å². The number of fused-ring (bicyclic) bond motifs is 2. The van der Waals surface area contributed by atoms with E-state index < -0.39 is 17.7 Å². The van der Waals surface area contributed by atoms with Crippen molar-refractivity contribution in [1.29, 1.82) is 0 Å². The van der Waals surface area contributed by atoms with E-state index in [1.54, 1.807) is 0 Å². The Bertz CT molecular complexity index is 468. The highest BCUT2D eigenvalue weighted by Gasteiger charge is 2.70. The van der Waals surface area contributed by atoms with Crippen molar-refractivity contribution in [2.24, 2.45) is 23.7 Å². The van der Waals surface area contributed by atoms with Crippen molar-refractivity contribution in [2.75, 3.05) is 6.61 Å². The fourth-order valence-corrected chi connectivity index (χ4v) is 5.18. The first-order valence-electron chi connectivity index (χ1n) is 8.91. The quantitative estimate of drug-likeness (QED) is 0.784. The van der Waals surface area contributed by atoms with Crippen LogP contribution in [0.3, 0.4) is 0 Å². The lowest BCUT2D eigenvalue weighted by Gasteiger charge is -2.60. The van der Waals surface area contributed by atoms with Crippen LogP contribution in [-0.2, 0) is 24.0 Å². The summed E-state index contributed by atoms with van der Waals surface area (Å²) in [5, 5.41) is 10.6. The van der Waals surface area contributed by atoms with Crippen molar-refractivity contribution in [3.8, 4) is 0 Å². The summed E-state index contributed by atoms with van der Waals surface area (Å²) in [6.07, 6.45) is 1.10. The average molecular weight is 328 g/mol. The van der Waals surface area contributed by atoms with Gasteiger partial charge in [-0.2, -0.15) is 0 Å². The fourth-order valence-electron chi connectivity index (χ4n) is 5.18. The van der Waals surface area contributed by atoms with Crippen molar-refractivity contribution >= 4 is 0 Å². The minimum Gasteiger partial charge on any atom is -0.393 e. The molecule has 4 heterocycles. The van der Waals surface area contributed by atoms with E-state index in [1.807, 2.05) is 13.8 Å². The summed E-state index contributed by atoms with van der Waals surface area (Å²) >= 11 is 0. The molecule has 0 aromatic heterocycles. The highest BCUT2D eigenvalue weighted by Crippen LogP contribution is 2.60. The molecule has 6 heteroatoms. The molecule has 4 saturated heterocycles. The van der Waals surface area contributed by atoms with Crippen LogP contribution >= 0.6 is 0 Å². The van der Waals surface area contributed by atoms with E-state index in [4.69, 9.17) is 24.0 Å². The molecule has 6 nitrogen and oxygen atoms in total. The summed E-state index contributed by atoms with van der Waals surface area (Å²) in [5.41, 5.74) is -0.651. The molecule has 1 saturated carbocycles. The Morgan fingerprint density at radius 2 is 1.96 bits per heavy atom. The van der Waals surface area contributed by atoms with Gasteiger partial charge in [0.15, 0.2) is 18.2 Å². The van der Waals surface area contributed by atoms with E-state index in [2.05, 4.69) is 13.8 Å². The van der Waals surface area contributed by atoms with E-state index in [1.165, 1.54) is 0 Å². The number of rotatable bonds is 2. The fraction of sp³-hybridized carbons (Fsp3) is 1.00. The molecule has 5 rings (SSSR count). The normalized spacial score (nSPS) is 58.6. The Morgan fingerprint density at radius 3 is 2.70 bits per heavy atom. The molecule has 9 atom stereocenters. The minimum absolute atomic E-state index is 0.0802. The van der Waals surface area contributed by atoms with Crippen LogP contribution in [-0.4, -0.2) is 41.8 Å². The second kappa shape index (κ2) is 5.38. The average Bonchev–Trinajstić information content (AvgIpc) is 2.74. The molecule has 0 amide bonds. The first-order chi connectivity index (χ1) is 10.9. The molecule has 1 N–H and O–H groups in total. The van der Waals surface area contributed by atoms with Crippen LogP contribution in [0.4, 0.5) is 0 Å². The van der Waals surface area contributed by atoms with Gasteiger partial charge in [0.25, 0.3) is 0 Å². The molecule has 0 aromatic carbocycles. The molecular formula is C17H28O6. The molecule has 23 heavy (non-hydrogen) atoms. The third-order valence-corrected chi connectivity index (χ3v) is 6.55. The summed E-state index contributed by atoms with van der Waals surface area (Å²) in [6.45, 7) is 8.64. The molecule has 0 unspecified atom stereocenters. The summed E-state index contributed by atoms with van der Waals surface area (Å²) in [4.78, 5) is 11.8. The number of aliphatic hydroxyl groups excluding tert-OH is 1. The smallest absolute Gasteiger partial charge is 0.201 e. The van der Waals surface area contributed by atoms with Gasteiger partial charge in [0.1, 0.15) is 0 Å². The van der Waals surface area contributed by atoms with Crippen LogP contribution in [0.1, 0.15) is 47.0 Å². The van der Waals surface area contributed by atoms with Gasteiger partial charge in [-0.15, -0.1) is 0 Å². The highest BCUT2D eigenvalue weighted by molar-refractivity contribution is 5.10. The van der Waals surface area contributed by atoms with Crippen LogP contribution in [0.15, 0.2) is 0 Å². The number of ether oxygens (including phenoxy) is 3. The molecule has 2 bridgehead atoms. The Balaban J connectivity index is 1.77. The third kappa shape index (κ3) is 2.16. The van der Waals surface area contributed by atoms with Crippen LogP contribution in [0.5, 0.6) is 0 Å². The lowest BCUT2D eigenvalue weighted by atomic mass is 9.57. The molecular weight excluding hydrogens is 300 g/mol. The van der Waals surface area contributed by atoms with Gasteiger partial charge in [-0.3, -0.25) is 0 Å². The van der Waals surface area contributed by atoms with Crippen molar-refractivity contribution in [1.82, 2.24) is 0 Å². The van der Waals surface area contributed by atoms with Gasteiger partial charge < -0.3 is 19.3 Å². The standard InChI is InChI=1S/C17H28O6/c1-5-19-14-10(3)12-8-13(18)9(2)11-6-7-16(4)21-15(20-14)17(11,12)23-22-16/h9-15,18H,5-8H2,1-4H3/t9-,10+,11-,12-,13-,14-,15-,16+,17+/m0/s1. The molecule has 1 spiro atoms. The highest BCUT2D eigenvalue weighted by atomic mass is 17.3. The summed E-state index contributed by atoms with van der Waals surface area (Å²) in [5.74, 6) is -0.335. The molecule has 5 fully saturated rings. The SMILES string of the molecule is CCO[C@H]1O[C@H]2O[C@@]3(C)CC[C@H]4[C@H](C)[C@@H](O)C[C@@H]([C@H]1C)[C@@]24OO3. The lowest BCUT2D eigenvalue weighted by Crippen LogP contribution is -2.72. The Morgan fingerprint density at radius 1 is 1.17 bits per heavy atom. The Hall–Kier alpha value is -0.240. The molecule has 132 valence electrons. The predicted molar refractivity (Wildman–Crippen MR) is 79.8 cm³/mol. The van der Waals surface area contributed by atoms with E-state index in [-0.39, 0.29) is 36.1 Å². The number of hydrogen-bond donors (Lipinski definition) is 1. The summed E-state index contributed by atoms with van der Waals surface area (Å²) in [7, 11) is 0. The molecule has 1 aliphatic carbocycles. The maximum absolute atomic E-state index is 10.6. The van der Waals surface area contributed by atoms with Gasteiger partial charge in [-0.1, -0.05) is 13.8 Å². The summed E-state index contributed by atoms with van der Waals surface area (Å²) in [6, 6.07) is 0. The van der Waals surface area contributed by atoms with E-state index in [0.717, 1.165) is 12.8 Å². The van der Waals surface area contributed by atoms with Crippen LogP contribution in [0, 0.1) is 23.7 Å². The predicted octanol–water partition coefficient (Wildman–Crippen LogP) is 2.20. The van der Waals surface area contributed by atoms with Gasteiger partial charge in [0.05, 0.1) is 6.10 Å². The van der Waals surface area contributed by atoms with Gasteiger partial charge in [0, 0.05) is 30.8 Å². The lowest BCUT2D eigenvalue weighted by molar-refractivity contribution is -0.578. The zero-order valence-corrected chi connectivity index (χ0v) is 14.4. The molecule has 5 aliphatic rings. The van der Waals surface area contributed by atoms with Gasteiger partial charge in [0.2, 0.25) is 5.79 Å². The van der Waals surface area contributed by atoms with E-state index in [0.29, 0.717) is 13.0 Å². The Kier molecular flexibility index (Phi) is 3.80. The molecule has 4 aliphatic heterocycles. The first kappa shape index (κ1) is 16.2. The van der Waals surface area contributed by atoms with Crippen LogP contribution in [0.25, 0.3) is 0 Å². The van der Waals surface area contributed by atoms with Gasteiger partial charge >= 0.3 is 0 Å². The Labute approximate surface area is 137 Å². The topological polar surface area (TPSA) is 66.4 Å². The van der Waals surface area contributed by atoms with Crippen molar-refractivity contribution in [3.63, 3.8) is 0 Å². The van der Waals surface area contributed by atoms with E-state index in [9.17, 15) is 5.11 Å². The number of hydrogen-bond acceptors (Lipinski definition) is 6. The minimum atomic E-state index is -0.792. The number of aliphatic hydroxyl groups is 1. The second-order valence-corrected chi connectivity index (χ2v) is 7.84. The second-order valence-electron chi connectivity index (χ2n) is 7.84. The van der Waals surface area contributed by atoms with Gasteiger partial charge in [-0.05, 0) is 32.6 Å². The zero-order valence-electron chi connectivity index (χ0n) is 14.4. The monoisotopic (exact) mass is 328 g/mol. The first-order valence-corrected chi connectivity index (χ1v) is 8.91. The molecule has 0 aromatic rings. The summed E-state index contributed by atoms with van der Waals surface area (Å²) < 4.78 is 18.2. The maximum atomic E-state index is 10.6.